The zero-order valence-corrected chi connectivity index (χ0v) is 12.5. The first-order valence-electron chi connectivity index (χ1n) is 7.57. The summed E-state index contributed by atoms with van der Waals surface area (Å²) < 4.78 is 0. The van der Waals surface area contributed by atoms with Crippen molar-refractivity contribution in [1.29, 1.82) is 5.26 Å². The predicted molar refractivity (Wildman–Crippen MR) is 90.1 cm³/mol. The van der Waals surface area contributed by atoms with E-state index in [2.05, 4.69) is 60.4 Å². The van der Waals surface area contributed by atoms with E-state index in [1.54, 1.807) is 6.08 Å². The van der Waals surface area contributed by atoms with Gasteiger partial charge in [0.25, 0.3) is 0 Å². The summed E-state index contributed by atoms with van der Waals surface area (Å²) in [5.74, 6) is 0. The van der Waals surface area contributed by atoms with Gasteiger partial charge in [0, 0.05) is 23.8 Å². The highest BCUT2D eigenvalue weighted by Crippen LogP contribution is 2.48. The van der Waals surface area contributed by atoms with Gasteiger partial charge in [0.05, 0.1) is 17.5 Å². The van der Waals surface area contributed by atoms with Crippen molar-refractivity contribution < 1.29 is 0 Å². The van der Waals surface area contributed by atoms with Crippen LogP contribution in [0.5, 0.6) is 0 Å². The van der Waals surface area contributed by atoms with E-state index in [9.17, 15) is 5.26 Å². The summed E-state index contributed by atoms with van der Waals surface area (Å²) in [4.78, 5) is 2.31. The first kappa shape index (κ1) is 12.9. The van der Waals surface area contributed by atoms with Crippen LogP contribution in [0.15, 0.2) is 60.3 Å². The zero-order valence-electron chi connectivity index (χ0n) is 12.5. The molecule has 0 atom stereocenters. The Kier molecular flexibility index (Phi) is 2.87. The molecule has 0 spiro atoms. The number of hydrogen-bond donors (Lipinski definition) is 0. The van der Waals surface area contributed by atoms with Gasteiger partial charge < -0.3 is 4.90 Å². The Hall–Kier alpha value is -2.79. The molecule has 2 aliphatic rings. The molecule has 0 unspecified atom stereocenters. The van der Waals surface area contributed by atoms with Gasteiger partial charge in [0.1, 0.15) is 0 Å². The van der Waals surface area contributed by atoms with Crippen molar-refractivity contribution in [1.82, 2.24) is 0 Å². The van der Waals surface area contributed by atoms with Crippen molar-refractivity contribution in [2.75, 3.05) is 11.4 Å². The third-order valence-corrected chi connectivity index (χ3v) is 4.58. The summed E-state index contributed by atoms with van der Waals surface area (Å²) >= 11 is 0. The Bertz CT molecular complexity index is 851. The molecule has 0 aromatic heterocycles. The third-order valence-electron chi connectivity index (χ3n) is 4.58. The average molecular weight is 284 g/mol. The minimum Gasteiger partial charge on any atom is -0.339 e. The van der Waals surface area contributed by atoms with E-state index in [1.807, 2.05) is 6.07 Å². The maximum Gasteiger partial charge on any atom is 0.0934 e. The van der Waals surface area contributed by atoms with Gasteiger partial charge in [0.15, 0.2) is 0 Å². The van der Waals surface area contributed by atoms with Crippen LogP contribution in [0, 0.1) is 11.3 Å². The molecule has 0 radical (unpaired) electrons. The summed E-state index contributed by atoms with van der Waals surface area (Å²) in [5, 5.41) is 9.27. The zero-order chi connectivity index (χ0) is 15.1. The van der Waals surface area contributed by atoms with E-state index in [-0.39, 0.29) is 0 Å². The summed E-state index contributed by atoms with van der Waals surface area (Å²) in [6, 6.07) is 19.1. The normalized spacial score (nSPS) is 17.6. The van der Waals surface area contributed by atoms with Crippen LogP contribution in [-0.2, 0) is 6.42 Å². The average Bonchev–Trinajstić information content (AvgIpc) is 2.98. The molecule has 106 valence electrons. The van der Waals surface area contributed by atoms with Crippen LogP contribution in [0.4, 0.5) is 5.69 Å². The molecule has 2 aromatic rings. The number of allylic oxidation sites excluding steroid dienone is 3. The summed E-state index contributed by atoms with van der Waals surface area (Å²) in [6.07, 6.45) is 2.73. The lowest BCUT2D eigenvalue weighted by molar-refractivity contribution is 0.964. The van der Waals surface area contributed by atoms with Gasteiger partial charge >= 0.3 is 0 Å². The summed E-state index contributed by atoms with van der Waals surface area (Å²) in [5.41, 5.74) is 8.60. The molecule has 0 aliphatic carbocycles. The fraction of sp³-hybridized carbons (Fsp3) is 0.150. The molecule has 2 aromatic carbocycles. The van der Waals surface area contributed by atoms with Crippen molar-refractivity contribution in [2.24, 2.45) is 0 Å². The molecule has 0 amide bonds. The Morgan fingerprint density at radius 2 is 1.91 bits per heavy atom. The molecule has 0 bridgehead atoms. The fourth-order valence-corrected chi connectivity index (χ4v) is 3.64. The Labute approximate surface area is 130 Å². The van der Waals surface area contributed by atoms with E-state index in [4.69, 9.17) is 0 Å². The number of benzene rings is 2. The Morgan fingerprint density at radius 3 is 2.68 bits per heavy atom. The second-order valence-electron chi connectivity index (χ2n) is 5.74. The van der Waals surface area contributed by atoms with Crippen molar-refractivity contribution in [3.63, 3.8) is 0 Å². The van der Waals surface area contributed by atoms with Gasteiger partial charge in [-0.25, -0.2) is 0 Å². The van der Waals surface area contributed by atoms with Crippen LogP contribution in [0.1, 0.15) is 23.6 Å². The summed E-state index contributed by atoms with van der Waals surface area (Å²) in [6.45, 7) is 3.11. The maximum absolute atomic E-state index is 9.27. The third kappa shape index (κ3) is 1.72. The molecule has 22 heavy (non-hydrogen) atoms. The highest BCUT2D eigenvalue weighted by Gasteiger charge is 2.32. The minimum absolute atomic E-state index is 0.948. The van der Waals surface area contributed by atoms with Gasteiger partial charge in [0.2, 0.25) is 0 Å². The van der Waals surface area contributed by atoms with Crippen LogP contribution in [0.2, 0.25) is 0 Å². The fourth-order valence-electron chi connectivity index (χ4n) is 3.64. The van der Waals surface area contributed by atoms with E-state index >= 15 is 0 Å². The molecule has 2 heteroatoms. The summed E-state index contributed by atoms with van der Waals surface area (Å²) in [7, 11) is 0. The van der Waals surface area contributed by atoms with Gasteiger partial charge in [-0.05, 0) is 30.0 Å². The predicted octanol–water partition coefficient (Wildman–Crippen LogP) is 4.40. The standard InChI is InChI=1S/C20H16N2/c1-14-17-9-5-8-16-11-13-22(20(16)17)18(10-12-21)19(14)15-6-3-2-4-7-15/h2-10H,11,13H2,1H3/b18-10-. The minimum atomic E-state index is 0.948. The van der Waals surface area contributed by atoms with Crippen LogP contribution in [0.3, 0.4) is 0 Å². The SMILES string of the molecule is CC1=C(c2ccccc2)/C(=C/C#N)N2CCc3cccc1c32. The lowest BCUT2D eigenvalue weighted by Crippen LogP contribution is -2.25. The molecule has 2 heterocycles. The van der Waals surface area contributed by atoms with Crippen LogP contribution in [0.25, 0.3) is 11.1 Å². The quantitative estimate of drug-likeness (QED) is 0.726. The smallest absolute Gasteiger partial charge is 0.0934 e. The molecule has 0 N–H and O–H groups in total. The molecule has 4 rings (SSSR count). The monoisotopic (exact) mass is 284 g/mol. The molecular weight excluding hydrogens is 268 g/mol. The molecule has 2 aliphatic heterocycles. The van der Waals surface area contributed by atoms with Gasteiger partial charge in [-0.15, -0.1) is 0 Å². The molecule has 0 fully saturated rings. The van der Waals surface area contributed by atoms with E-state index < -0.39 is 0 Å². The largest absolute Gasteiger partial charge is 0.339 e. The maximum atomic E-state index is 9.27. The van der Waals surface area contributed by atoms with Crippen molar-refractivity contribution in [2.45, 2.75) is 13.3 Å². The van der Waals surface area contributed by atoms with E-state index in [1.165, 1.54) is 33.5 Å². The number of para-hydroxylation sites is 1. The lowest BCUT2D eigenvalue weighted by atomic mass is 9.87. The molecular formula is C20H16N2. The Morgan fingerprint density at radius 1 is 1.09 bits per heavy atom. The van der Waals surface area contributed by atoms with Crippen LogP contribution < -0.4 is 4.90 Å². The topological polar surface area (TPSA) is 27.0 Å². The van der Waals surface area contributed by atoms with Gasteiger partial charge in [-0.1, -0.05) is 48.5 Å². The molecule has 0 saturated carbocycles. The lowest BCUT2D eigenvalue weighted by Gasteiger charge is -2.33. The number of nitriles is 1. The van der Waals surface area contributed by atoms with Crippen LogP contribution >= 0.6 is 0 Å². The van der Waals surface area contributed by atoms with E-state index in [0.717, 1.165) is 18.7 Å². The number of rotatable bonds is 1. The van der Waals surface area contributed by atoms with Gasteiger partial charge in [-0.3, -0.25) is 0 Å². The second kappa shape index (κ2) is 4.89. The number of anilines is 1. The van der Waals surface area contributed by atoms with Crippen molar-refractivity contribution in [3.8, 4) is 6.07 Å². The van der Waals surface area contributed by atoms with E-state index in [0.29, 0.717) is 0 Å². The highest BCUT2D eigenvalue weighted by molar-refractivity contribution is 6.06. The highest BCUT2D eigenvalue weighted by atomic mass is 15.2. The number of hydrogen-bond acceptors (Lipinski definition) is 2. The van der Waals surface area contributed by atoms with Crippen LogP contribution in [-0.4, -0.2) is 6.54 Å². The first-order chi connectivity index (χ1) is 10.8. The molecule has 2 nitrogen and oxygen atoms in total. The second-order valence-corrected chi connectivity index (χ2v) is 5.74. The Balaban J connectivity index is 2.05. The molecule has 0 saturated heterocycles. The first-order valence-corrected chi connectivity index (χ1v) is 7.57. The van der Waals surface area contributed by atoms with Gasteiger partial charge in [-0.2, -0.15) is 5.26 Å². The number of nitrogens with zero attached hydrogens (tertiary/aromatic N) is 2. The van der Waals surface area contributed by atoms with Crippen molar-refractivity contribution >= 4 is 16.8 Å². The van der Waals surface area contributed by atoms with Crippen molar-refractivity contribution in [3.05, 3.63) is 77.0 Å².